The fourth-order valence-corrected chi connectivity index (χ4v) is 10.7. The van der Waals surface area contributed by atoms with E-state index < -0.39 is 12.1 Å². The minimum atomic E-state index is -0.839. The summed E-state index contributed by atoms with van der Waals surface area (Å²) in [6.07, 6.45) is 83.8. The summed E-state index contributed by atoms with van der Waals surface area (Å²) in [7, 11) is 0. The number of aliphatic hydroxyl groups excluding tert-OH is 2. The third kappa shape index (κ3) is 61.3. The molecule has 0 aromatic heterocycles. The molecular formula is C70H133NO5. The Morgan fingerprint density at radius 1 is 0.368 bits per heavy atom. The Bertz CT molecular complexity index is 1230. The minimum absolute atomic E-state index is 0.00748. The van der Waals surface area contributed by atoms with Crippen molar-refractivity contribution in [3.63, 3.8) is 0 Å². The molecule has 2 atom stereocenters. The molecule has 2 unspecified atom stereocenters. The van der Waals surface area contributed by atoms with Crippen LogP contribution in [0.3, 0.4) is 0 Å². The number of hydrogen-bond acceptors (Lipinski definition) is 5. The molecule has 0 rings (SSSR count). The van der Waals surface area contributed by atoms with Crippen LogP contribution in [0.2, 0.25) is 0 Å². The third-order valence-electron chi connectivity index (χ3n) is 15.9. The maximum atomic E-state index is 12.4. The molecule has 0 aliphatic heterocycles. The summed E-state index contributed by atoms with van der Waals surface area (Å²) in [4.78, 5) is 24.5. The van der Waals surface area contributed by atoms with Gasteiger partial charge in [0, 0.05) is 12.8 Å². The number of carbonyl (C=O) groups is 2. The number of unbranched alkanes of at least 4 members (excludes halogenated alkanes) is 49. The number of aliphatic hydroxyl groups is 2. The van der Waals surface area contributed by atoms with Crippen LogP contribution in [0.5, 0.6) is 0 Å². The zero-order chi connectivity index (χ0) is 55.0. The van der Waals surface area contributed by atoms with Gasteiger partial charge < -0.3 is 20.3 Å². The van der Waals surface area contributed by atoms with E-state index in [9.17, 15) is 19.8 Å². The van der Waals surface area contributed by atoms with Crippen molar-refractivity contribution in [1.82, 2.24) is 5.32 Å². The molecule has 448 valence electrons. The van der Waals surface area contributed by atoms with Crippen molar-refractivity contribution in [2.45, 2.75) is 386 Å². The van der Waals surface area contributed by atoms with E-state index in [1.807, 2.05) is 6.08 Å². The van der Waals surface area contributed by atoms with Crippen molar-refractivity contribution in [2.24, 2.45) is 0 Å². The molecule has 0 radical (unpaired) electrons. The first-order valence-corrected chi connectivity index (χ1v) is 34.3. The summed E-state index contributed by atoms with van der Waals surface area (Å²) in [6, 6.07) is -0.622. The molecule has 3 N–H and O–H groups in total. The van der Waals surface area contributed by atoms with Crippen LogP contribution in [-0.4, -0.2) is 47.4 Å². The second-order valence-corrected chi connectivity index (χ2v) is 23.5. The van der Waals surface area contributed by atoms with Gasteiger partial charge in [0.2, 0.25) is 5.91 Å². The van der Waals surface area contributed by atoms with Gasteiger partial charge in [-0.15, -0.1) is 0 Å². The number of nitrogens with one attached hydrogen (secondary N) is 1. The SMILES string of the molecule is CCCCC/C=C\C/C=C\CCCCCCCC(=O)OCCCCCCCCCCCCCCCCCCCCCCCCCCCCCCCCCCCC(=O)NC(CO)C(O)/C=C/CCCCCCCCCCC. The number of esters is 1. The van der Waals surface area contributed by atoms with Gasteiger partial charge in [-0.25, -0.2) is 0 Å². The minimum Gasteiger partial charge on any atom is -0.466 e. The molecule has 0 spiro atoms. The lowest BCUT2D eigenvalue weighted by Gasteiger charge is -2.20. The van der Waals surface area contributed by atoms with E-state index in [4.69, 9.17) is 4.74 Å². The van der Waals surface area contributed by atoms with Gasteiger partial charge in [-0.05, 0) is 64.2 Å². The lowest BCUT2D eigenvalue weighted by atomic mass is 10.0. The number of ether oxygens (including phenoxy) is 1. The van der Waals surface area contributed by atoms with Crippen LogP contribution in [0.15, 0.2) is 36.5 Å². The molecule has 0 fully saturated rings. The molecule has 76 heavy (non-hydrogen) atoms. The second-order valence-electron chi connectivity index (χ2n) is 23.5. The number of hydrogen-bond donors (Lipinski definition) is 3. The summed E-state index contributed by atoms with van der Waals surface area (Å²) in [5.41, 5.74) is 0. The van der Waals surface area contributed by atoms with E-state index in [1.165, 1.54) is 295 Å². The van der Waals surface area contributed by atoms with Crippen LogP contribution in [0.4, 0.5) is 0 Å². The summed E-state index contributed by atoms with van der Waals surface area (Å²) in [5.74, 6) is -0.0558. The maximum Gasteiger partial charge on any atom is 0.305 e. The predicted octanol–water partition coefficient (Wildman–Crippen LogP) is 21.9. The highest BCUT2D eigenvalue weighted by atomic mass is 16.5. The van der Waals surface area contributed by atoms with Gasteiger partial charge in [0.1, 0.15) is 0 Å². The van der Waals surface area contributed by atoms with Crippen molar-refractivity contribution < 1.29 is 24.5 Å². The van der Waals surface area contributed by atoms with Crippen molar-refractivity contribution >= 4 is 11.9 Å². The van der Waals surface area contributed by atoms with E-state index in [2.05, 4.69) is 43.5 Å². The van der Waals surface area contributed by atoms with Gasteiger partial charge >= 0.3 is 5.97 Å². The van der Waals surface area contributed by atoms with Gasteiger partial charge in [-0.2, -0.15) is 0 Å². The van der Waals surface area contributed by atoms with Crippen molar-refractivity contribution in [1.29, 1.82) is 0 Å². The van der Waals surface area contributed by atoms with Crippen LogP contribution in [-0.2, 0) is 14.3 Å². The van der Waals surface area contributed by atoms with Crippen LogP contribution < -0.4 is 5.32 Å². The smallest absolute Gasteiger partial charge is 0.305 e. The van der Waals surface area contributed by atoms with Gasteiger partial charge in [0.15, 0.2) is 0 Å². The van der Waals surface area contributed by atoms with Gasteiger partial charge in [0.05, 0.1) is 25.4 Å². The van der Waals surface area contributed by atoms with Crippen LogP contribution in [0.25, 0.3) is 0 Å². The molecule has 0 saturated carbocycles. The second kappa shape index (κ2) is 65.6. The molecule has 0 bridgehead atoms. The van der Waals surface area contributed by atoms with Crippen molar-refractivity contribution in [3.05, 3.63) is 36.5 Å². The van der Waals surface area contributed by atoms with E-state index in [0.717, 1.165) is 51.4 Å². The van der Waals surface area contributed by atoms with E-state index in [1.54, 1.807) is 6.08 Å². The lowest BCUT2D eigenvalue weighted by molar-refractivity contribution is -0.143. The molecule has 1 amide bonds. The Morgan fingerprint density at radius 2 is 0.658 bits per heavy atom. The highest BCUT2D eigenvalue weighted by Gasteiger charge is 2.18. The Labute approximate surface area is 474 Å². The summed E-state index contributed by atoms with van der Waals surface area (Å²) < 4.78 is 5.49. The Morgan fingerprint density at radius 3 is 1.03 bits per heavy atom. The molecule has 0 aromatic carbocycles. The molecule has 0 aliphatic carbocycles. The van der Waals surface area contributed by atoms with Crippen LogP contribution >= 0.6 is 0 Å². The first kappa shape index (κ1) is 74.1. The maximum absolute atomic E-state index is 12.4. The molecule has 6 heteroatoms. The lowest BCUT2D eigenvalue weighted by Crippen LogP contribution is -2.45. The number of amides is 1. The topological polar surface area (TPSA) is 95.9 Å². The number of allylic oxidation sites excluding steroid dienone is 5. The Kier molecular flexibility index (Phi) is 63.9. The molecular weight excluding hydrogens is 935 g/mol. The molecule has 0 aromatic rings. The normalized spacial score (nSPS) is 12.7. The number of rotatable bonds is 64. The summed E-state index contributed by atoms with van der Waals surface area (Å²) in [6.45, 7) is 4.88. The average molecular weight is 1070 g/mol. The fourth-order valence-electron chi connectivity index (χ4n) is 10.7. The zero-order valence-corrected chi connectivity index (χ0v) is 51.3. The molecule has 6 nitrogen and oxygen atoms in total. The standard InChI is InChI=1S/C70H133NO5/c1-3-5-7-9-11-13-15-16-36-40-44-48-52-56-60-64-70(75)76-65-61-57-53-49-45-41-38-35-33-31-29-27-25-23-21-19-17-18-20-22-24-26-28-30-32-34-37-39-43-47-51-55-59-63-69(74)71-67(66-72)68(73)62-58-54-50-46-42-14-12-10-8-6-4-2/h11,13,16,36,58,62,67-68,72-73H,3-10,12,14-15,17-35,37-57,59-61,63-66H2,1-2H3,(H,71,74)/b13-11-,36-16-,62-58+. The van der Waals surface area contributed by atoms with Gasteiger partial charge in [0.25, 0.3) is 0 Å². The first-order valence-electron chi connectivity index (χ1n) is 34.3. The fraction of sp³-hybridized carbons (Fsp3) is 0.886. The predicted molar refractivity (Wildman–Crippen MR) is 333 cm³/mol. The van der Waals surface area contributed by atoms with Gasteiger partial charge in [-0.3, -0.25) is 9.59 Å². The highest BCUT2D eigenvalue weighted by Crippen LogP contribution is 2.18. The third-order valence-corrected chi connectivity index (χ3v) is 15.9. The largest absolute Gasteiger partial charge is 0.466 e. The first-order chi connectivity index (χ1) is 37.5. The van der Waals surface area contributed by atoms with Crippen LogP contribution in [0.1, 0.15) is 373 Å². The zero-order valence-electron chi connectivity index (χ0n) is 51.3. The van der Waals surface area contributed by atoms with Crippen molar-refractivity contribution in [3.8, 4) is 0 Å². The number of carbonyl (C=O) groups excluding carboxylic acids is 2. The summed E-state index contributed by atoms with van der Waals surface area (Å²) >= 11 is 0. The van der Waals surface area contributed by atoms with E-state index >= 15 is 0 Å². The monoisotopic (exact) mass is 1070 g/mol. The molecule has 0 aliphatic rings. The van der Waals surface area contributed by atoms with Crippen LogP contribution in [0, 0.1) is 0 Å². The Balaban J connectivity index is 3.31. The summed E-state index contributed by atoms with van der Waals surface area (Å²) in [5, 5.41) is 23.1. The van der Waals surface area contributed by atoms with Crippen molar-refractivity contribution in [2.75, 3.05) is 13.2 Å². The van der Waals surface area contributed by atoms with E-state index in [-0.39, 0.29) is 18.5 Å². The quantitative estimate of drug-likeness (QED) is 0.0320. The van der Waals surface area contributed by atoms with Gasteiger partial charge in [-0.1, -0.05) is 333 Å². The Hall–Kier alpha value is -1.92. The molecule has 0 saturated heterocycles. The van der Waals surface area contributed by atoms with E-state index in [0.29, 0.717) is 19.4 Å². The average Bonchev–Trinajstić information content (AvgIpc) is 3.42. The molecule has 0 heterocycles. The highest BCUT2D eigenvalue weighted by molar-refractivity contribution is 5.76.